The van der Waals surface area contributed by atoms with Crippen LogP contribution in [0.4, 0.5) is 5.69 Å². The molecule has 0 saturated carbocycles. The van der Waals surface area contributed by atoms with E-state index in [1.807, 2.05) is 0 Å². The molecule has 0 amide bonds. The molecule has 0 radical (unpaired) electrons. The molecule has 4 rings (SSSR count). The van der Waals surface area contributed by atoms with Gasteiger partial charge in [-0.25, -0.2) is 4.79 Å². The first-order chi connectivity index (χ1) is 15.0. The lowest BCUT2D eigenvalue weighted by molar-refractivity contribution is -0.385. The van der Waals surface area contributed by atoms with E-state index in [1.165, 1.54) is 31.4 Å². The summed E-state index contributed by atoms with van der Waals surface area (Å²) in [6, 6.07) is 14.1. The second-order valence-electron chi connectivity index (χ2n) is 7.12. The number of hydrogen-bond acceptors (Lipinski definition) is 9. The summed E-state index contributed by atoms with van der Waals surface area (Å²) in [5.74, 6) is -0.623. The van der Waals surface area contributed by atoms with Crippen molar-refractivity contribution in [3.05, 3.63) is 75.8 Å². The molecular weight excluding hydrogens is 410 g/mol. The van der Waals surface area contributed by atoms with Gasteiger partial charge in [0.15, 0.2) is 18.7 Å². The highest BCUT2D eigenvalue weighted by Crippen LogP contribution is 2.36. The van der Waals surface area contributed by atoms with Crippen molar-refractivity contribution >= 4 is 11.7 Å². The molecule has 10 nitrogen and oxygen atoms in total. The minimum atomic E-state index is -1.30. The van der Waals surface area contributed by atoms with Crippen LogP contribution in [0.15, 0.2) is 54.6 Å². The molecular formula is C21H21NO9. The highest BCUT2D eigenvalue weighted by molar-refractivity contribution is 5.89. The zero-order valence-electron chi connectivity index (χ0n) is 16.5. The van der Waals surface area contributed by atoms with Crippen molar-refractivity contribution in [3.8, 4) is 0 Å². The zero-order valence-corrected chi connectivity index (χ0v) is 16.5. The number of methoxy groups -OCH3 is 1. The van der Waals surface area contributed by atoms with Crippen LogP contribution < -0.4 is 0 Å². The largest absolute Gasteiger partial charge is 0.453 e. The van der Waals surface area contributed by atoms with Crippen molar-refractivity contribution in [2.75, 3.05) is 13.7 Å². The van der Waals surface area contributed by atoms with Crippen LogP contribution in [0.5, 0.6) is 0 Å². The summed E-state index contributed by atoms with van der Waals surface area (Å²) in [7, 11) is 1.37. The molecule has 6 atom stereocenters. The predicted molar refractivity (Wildman–Crippen MR) is 104 cm³/mol. The van der Waals surface area contributed by atoms with E-state index in [0.29, 0.717) is 11.1 Å². The Morgan fingerprint density at radius 3 is 2.48 bits per heavy atom. The van der Waals surface area contributed by atoms with E-state index >= 15 is 0 Å². The second-order valence-corrected chi connectivity index (χ2v) is 7.12. The predicted octanol–water partition coefficient (Wildman–Crippen LogP) is 1.97. The fraction of sp³-hybridized carbons (Fsp3) is 0.381. The Hall–Kier alpha value is -2.89. The number of nitro groups is 1. The number of carbonyl (C=O) groups excluding carboxylic acids is 1. The first-order valence-electron chi connectivity index (χ1n) is 9.61. The monoisotopic (exact) mass is 431 g/mol. The van der Waals surface area contributed by atoms with Crippen molar-refractivity contribution in [2.24, 2.45) is 0 Å². The van der Waals surface area contributed by atoms with Gasteiger partial charge in [0.2, 0.25) is 0 Å². The fourth-order valence-corrected chi connectivity index (χ4v) is 3.58. The molecule has 2 aliphatic heterocycles. The van der Waals surface area contributed by atoms with E-state index < -0.39 is 47.9 Å². The second kappa shape index (κ2) is 9.08. The smallest absolute Gasteiger partial charge is 0.338 e. The molecule has 0 aliphatic carbocycles. The number of nitro benzene ring substituents is 1. The summed E-state index contributed by atoms with van der Waals surface area (Å²) in [6.45, 7) is 0.0816. The van der Waals surface area contributed by atoms with Gasteiger partial charge in [0.1, 0.15) is 18.3 Å². The Balaban J connectivity index is 1.55. The Bertz CT molecular complexity index is 920. The Morgan fingerprint density at radius 2 is 1.84 bits per heavy atom. The number of aliphatic hydroxyl groups is 1. The molecule has 31 heavy (non-hydrogen) atoms. The van der Waals surface area contributed by atoms with Gasteiger partial charge in [0.25, 0.3) is 5.69 Å². The summed E-state index contributed by atoms with van der Waals surface area (Å²) in [4.78, 5) is 23.0. The number of ether oxygens (including phenoxy) is 5. The van der Waals surface area contributed by atoms with Crippen LogP contribution in [0.25, 0.3) is 0 Å². The third kappa shape index (κ3) is 4.43. The third-order valence-corrected chi connectivity index (χ3v) is 5.17. The molecule has 2 aromatic carbocycles. The maximum Gasteiger partial charge on any atom is 0.338 e. The highest BCUT2D eigenvalue weighted by Gasteiger charge is 2.51. The van der Waals surface area contributed by atoms with Crippen molar-refractivity contribution in [3.63, 3.8) is 0 Å². The van der Waals surface area contributed by atoms with Crippen molar-refractivity contribution in [2.45, 2.75) is 37.0 Å². The topological polar surface area (TPSA) is 127 Å². The summed E-state index contributed by atoms with van der Waals surface area (Å²) in [5.41, 5.74) is 0.803. The summed E-state index contributed by atoms with van der Waals surface area (Å²) >= 11 is 0. The van der Waals surface area contributed by atoms with Crippen LogP contribution in [-0.4, -0.2) is 60.4 Å². The number of nitrogens with zero attached hydrogens (tertiary/aromatic N) is 1. The van der Waals surface area contributed by atoms with Crippen LogP contribution in [0, 0.1) is 10.1 Å². The lowest BCUT2D eigenvalue weighted by Crippen LogP contribution is -2.63. The Kier molecular flexibility index (Phi) is 6.25. The highest BCUT2D eigenvalue weighted by atomic mass is 16.8. The summed E-state index contributed by atoms with van der Waals surface area (Å²) in [6.07, 6.45) is -5.79. The van der Waals surface area contributed by atoms with Crippen molar-refractivity contribution in [1.29, 1.82) is 0 Å². The molecule has 1 N–H and O–H groups in total. The number of benzene rings is 2. The number of non-ortho nitro benzene ring substituents is 1. The third-order valence-electron chi connectivity index (χ3n) is 5.17. The Labute approximate surface area is 177 Å². The molecule has 164 valence electrons. The molecule has 10 heteroatoms. The van der Waals surface area contributed by atoms with Gasteiger partial charge >= 0.3 is 5.97 Å². The Morgan fingerprint density at radius 1 is 1.13 bits per heavy atom. The number of aliphatic hydroxyl groups excluding tert-OH is 1. The van der Waals surface area contributed by atoms with Gasteiger partial charge in [-0.3, -0.25) is 10.1 Å². The van der Waals surface area contributed by atoms with E-state index in [1.54, 1.807) is 30.3 Å². The van der Waals surface area contributed by atoms with Crippen LogP contribution in [0.2, 0.25) is 0 Å². The lowest BCUT2D eigenvalue weighted by Gasteiger charge is -2.47. The quantitative estimate of drug-likeness (QED) is 0.429. The van der Waals surface area contributed by atoms with Crippen molar-refractivity contribution in [1.82, 2.24) is 0 Å². The van der Waals surface area contributed by atoms with E-state index in [9.17, 15) is 20.0 Å². The van der Waals surface area contributed by atoms with Crippen molar-refractivity contribution < 1.29 is 38.5 Å². The number of esters is 1. The van der Waals surface area contributed by atoms with Gasteiger partial charge in [0.05, 0.1) is 17.1 Å². The molecule has 1 unspecified atom stereocenters. The molecule has 2 heterocycles. The molecule has 2 aliphatic rings. The average Bonchev–Trinajstić information content (AvgIpc) is 2.81. The van der Waals surface area contributed by atoms with Crippen LogP contribution in [0.3, 0.4) is 0 Å². The minimum absolute atomic E-state index is 0.0635. The molecule has 0 aromatic heterocycles. The molecule has 2 saturated heterocycles. The first-order valence-corrected chi connectivity index (χ1v) is 9.61. The SMILES string of the molecule is CO[C@H]1O[C@@H]2COC(c3ccc([N+](=O)[O-])cc3)O[C@H]2[C@H](OC(=O)c2ccccc2)[C@H]1O. The van der Waals surface area contributed by atoms with E-state index in [4.69, 9.17) is 23.7 Å². The van der Waals surface area contributed by atoms with Gasteiger partial charge in [-0.05, 0) is 24.3 Å². The normalized spacial score (nSPS) is 30.3. The van der Waals surface area contributed by atoms with E-state index in [0.717, 1.165) is 0 Å². The van der Waals surface area contributed by atoms with Gasteiger partial charge < -0.3 is 28.8 Å². The van der Waals surface area contributed by atoms with E-state index in [2.05, 4.69) is 0 Å². The minimum Gasteiger partial charge on any atom is -0.453 e. The fourth-order valence-electron chi connectivity index (χ4n) is 3.58. The van der Waals surface area contributed by atoms with Gasteiger partial charge in [0, 0.05) is 24.8 Å². The average molecular weight is 431 g/mol. The van der Waals surface area contributed by atoms with Crippen LogP contribution in [0.1, 0.15) is 22.2 Å². The zero-order chi connectivity index (χ0) is 22.0. The van der Waals surface area contributed by atoms with Gasteiger partial charge in [-0.1, -0.05) is 18.2 Å². The van der Waals surface area contributed by atoms with Gasteiger partial charge in [-0.2, -0.15) is 0 Å². The summed E-state index contributed by atoms with van der Waals surface area (Å²) < 4.78 is 28.2. The number of carbonyl (C=O) groups is 1. The number of rotatable bonds is 5. The van der Waals surface area contributed by atoms with Crippen LogP contribution >= 0.6 is 0 Å². The van der Waals surface area contributed by atoms with E-state index in [-0.39, 0.29) is 12.3 Å². The van der Waals surface area contributed by atoms with Crippen LogP contribution in [-0.2, 0) is 23.7 Å². The maximum atomic E-state index is 12.6. The maximum absolute atomic E-state index is 12.6. The number of fused-ring (bicyclic) bond motifs is 1. The number of hydrogen-bond donors (Lipinski definition) is 1. The first kappa shape index (κ1) is 21.3. The standard InChI is InChI=1S/C21H21NO9/c1-27-21-16(23)18(30-19(24)12-5-3-2-4-6-12)17-15(29-21)11-28-20(31-17)13-7-9-14(10-8-13)22(25)26/h2-10,15-18,20-21,23H,11H2,1H3/t15-,16-,17-,18-,20?,21+/m1/s1. The van der Waals surface area contributed by atoms with Gasteiger partial charge in [-0.15, -0.1) is 0 Å². The summed E-state index contributed by atoms with van der Waals surface area (Å²) in [5, 5.41) is 21.6. The molecule has 0 bridgehead atoms. The lowest BCUT2D eigenvalue weighted by atomic mass is 9.97. The molecule has 0 spiro atoms. The molecule has 2 fully saturated rings. The molecule has 2 aromatic rings.